The molecule has 2 aromatic rings. The van der Waals surface area contributed by atoms with E-state index in [-0.39, 0.29) is 6.03 Å². The van der Waals surface area contributed by atoms with E-state index >= 15 is 0 Å². The smallest absolute Gasteiger partial charge is 0.321 e. The number of sulfonamides is 1. The highest BCUT2D eigenvalue weighted by molar-refractivity contribution is 7.88. The van der Waals surface area contributed by atoms with Crippen LogP contribution in [0.2, 0.25) is 0 Å². The van der Waals surface area contributed by atoms with Crippen LogP contribution in [0.5, 0.6) is 0 Å². The van der Waals surface area contributed by atoms with Crippen molar-refractivity contribution in [3.8, 4) is 0 Å². The molecule has 1 aromatic heterocycles. The number of amides is 2. The summed E-state index contributed by atoms with van der Waals surface area (Å²) in [6.45, 7) is 5.09. The van der Waals surface area contributed by atoms with E-state index < -0.39 is 10.0 Å². The number of fused-ring (bicyclic) bond motifs is 1. The van der Waals surface area contributed by atoms with Crippen LogP contribution < -0.4 is 10.6 Å². The molecule has 0 radical (unpaired) electrons. The normalized spacial score (nSPS) is 11.8. The fourth-order valence-corrected chi connectivity index (χ4v) is 4.25. The van der Waals surface area contributed by atoms with E-state index in [0.29, 0.717) is 31.2 Å². The number of carbonyl (C=O) groups excluding carboxylic acids is 1. The standard InChI is InChI=1S/C16H24N4O3S2/c1-4-12-7-8-13-14(11-12)24-16(18-13)19-15(21)17-9-6-10-20(5-2)25(3,22)23/h7-8,11H,4-6,9-10H2,1-3H3,(H2,17,18,19,21). The molecular formula is C16H24N4O3S2. The largest absolute Gasteiger partial charge is 0.338 e. The fraction of sp³-hybridized carbons (Fsp3) is 0.500. The first-order chi connectivity index (χ1) is 11.8. The summed E-state index contributed by atoms with van der Waals surface area (Å²) < 4.78 is 25.4. The maximum Gasteiger partial charge on any atom is 0.321 e. The number of urea groups is 1. The van der Waals surface area contributed by atoms with E-state index in [1.807, 2.05) is 12.1 Å². The average molecular weight is 385 g/mol. The molecule has 1 heterocycles. The zero-order chi connectivity index (χ0) is 18.4. The molecule has 0 aliphatic rings. The molecule has 2 rings (SSSR count). The molecular weight excluding hydrogens is 360 g/mol. The number of anilines is 1. The number of nitrogens with one attached hydrogen (secondary N) is 2. The van der Waals surface area contributed by atoms with E-state index in [9.17, 15) is 13.2 Å². The lowest BCUT2D eigenvalue weighted by Gasteiger charge is -2.17. The Balaban J connectivity index is 1.82. The van der Waals surface area contributed by atoms with Gasteiger partial charge in [-0.3, -0.25) is 5.32 Å². The lowest BCUT2D eigenvalue weighted by molar-refractivity contribution is 0.251. The van der Waals surface area contributed by atoms with Crippen LogP contribution in [0.15, 0.2) is 18.2 Å². The van der Waals surface area contributed by atoms with Gasteiger partial charge >= 0.3 is 6.03 Å². The second kappa shape index (κ2) is 8.59. The third-order valence-corrected chi connectivity index (χ3v) is 6.09. The molecule has 1 aromatic carbocycles. The Labute approximate surface area is 152 Å². The molecule has 0 saturated heterocycles. The molecule has 7 nitrogen and oxygen atoms in total. The minimum absolute atomic E-state index is 0.336. The van der Waals surface area contributed by atoms with Crippen molar-refractivity contribution in [3.05, 3.63) is 23.8 Å². The first-order valence-electron chi connectivity index (χ1n) is 8.23. The van der Waals surface area contributed by atoms with Gasteiger partial charge in [-0.25, -0.2) is 22.5 Å². The number of benzene rings is 1. The zero-order valence-electron chi connectivity index (χ0n) is 14.7. The summed E-state index contributed by atoms with van der Waals surface area (Å²) >= 11 is 1.44. The summed E-state index contributed by atoms with van der Waals surface area (Å²) in [5.74, 6) is 0. The Morgan fingerprint density at radius 2 is 2.08 bits per heavy atom. The van der Waals surface area contributed by atoms with Gasteiger partial charge in [0.2, 0.25) is 10.0 Å². The second-order valence-electron chi connectivity index (χ2n) is 5.66. The fourth-order valence-electron chi connectivity index (χ4n) is 2.40. The molecule has 0 aliphatic carbocycles. The molecule has 0 unspecified atom stereocenters. The first-order valence-corrected chi connectivity index (χ1v) is 10.9. The average Bonchev–Trinajstić information content (AvgIpc) is 2.94. The molecule has 138 valence electrons. The summed E-state index contributed by atoms with van der Waals surface area (Å²) in [6, 6.07) is 5.74. The second-order valence-corrected chi connectivity index (χ2v) is 8.68. The van der Waals surface area contributed by atoms with Crippen LogP contribution in [-0.2, 0) is 16.4 Å². The highest BCUT2D eigenvalue weighted by Crippen LogP contribution is 2.26. The molecule has 25 heavy (non-hydrogen) atoms. The van der Waals surface area contributed by atoms with Crippen LogP contribution in [0.4, 0.5) is 9.93 Å². The van der Waals surface area contributed by atoms with Crippen LogP contribution in [0, 0.1) is 0 Å². The molecule has 2 N–H and O–H groups in total. The van der Waals surface area contributed by atoms with Crippen molar-refractivity contribution in [2.75, 3.05) is 31.2 Å². The lowest BCUT2D eigenvalue weighted by Crippen LogP contribution is -2.34. The summed E-state index contributed by atoms with van der Waals surface area (Å²) in [7, 11) is -3.19. The van der Waals surface area contributed by atoms with Gasteiger partial charge in [0.15, 0.2) is 5.13 Å². The van der Waals surface area contributed by atoms with Gasteiger partial charge in [-0.1, -0.05) is 31.3 Å². The Kier molecular flexibility index (Phi) is 6.74. The minimum Gasteiger partial charge on any atom is -0.338 e. The van der Waals surface area contributed by atoms with Crippen molar-refractivity contribution in [1.29, 1.82) is 0 Å². The van der Waals surface area contributed by atoms with Crippen molar-refractivity contribution in [3.63, 3.8) is 0 Å². The third-order valence-electron chi connectivity index (χ3n) is 3.77. The van der Waals surface area contributed by atoms with Gasteiger partial charge in [0.05, 0.1) is 16.5 Å². The summed E-state index contributed by atoms with van der Waals surface area (Å²) in [5.41, 5.74) is 2.10. The van der Waals surface area contributed by atoms with Gasteiger partial charge in [0, 0.05) is 19.6 Å². The molecule has 0 spiro atoms. The molecule has 9 heteroatoms. The Hall–Kier alpha value is -1.71. The van der Waals surface area contributed by atoms with Gasteiger partial charge in [-0.05, 0) is 30.5 Å². The molecule has 2 amide bonds. The summed E-state index contributed by atoms with van der Waals surface area (Å²) in [6.07, 6.45) is 2.70. The summed E-state index contributed by atoms with van der Waals surface area (Å²) in [5, 5.41) is 6.00. The maximum atomic E-state index is 11.9. The van der Waals surface area contributed by atoms with Gasteiger partial charge < -0.3 is 5.32 Å². The monoisotopic (exact) mass is 384 g/mol. The first kappa shape index (κ1) is 19.6. The van der Waals surface area contributed by atoms with Crippen molar-refractivity contribution in [2.45, 2.75) is 26.7 Å². The highest BCUT2D eigenvalue weighted by Gasteiger charge is 2.13. The van der Waals surface area contributed by atoms with E-state index in [1.165, 1.54) is 27.5 Å². The molecule has 0 atom stereocenters. The van der Waals surface area contributed by atoms with E-state index in [0.717, 1.165) is 16.6 Å². The van der Waals surface area contributed by atoms with E-state index in [2.05, 4.69) is 28.6 Å². The predicted molar refractivity (Wildman–Crippen MR) is 103 cm³/mol. The van der Waals surface area contributed by atoms with Crippen LogP contribution in [0.3, 0.4) is 0 Å². The number of hydrogen-bond donors (Lipinski definition) is 2. The number of nitrogens with zero attached hydrogens (tertiary/aromatic N) is 2. The number of hydrogen-bond acceptors (Lipinski definition) is 5. The summed E-state index contributed by atoms with van der Waals surface area (Å²) in [4.78, 5) is 16.3. The SMILES string of the molecule is CCc1ccc2nc(NC(=O)NCCCN(CC)S(C)(=O)=O)sc2c1. The highest BCUT2D eigenvalue weighted by atomic mass is 32.2. The number of aryl methyl sites for hydroxylation is 1. The van der Waals surface area contributed by atoms with Crippen LogP contribution in [0.1, 0.15) is 25.8 Å². The Bertz CT molecular complexity index is 833. The Morgan fingerprint density at radius 1 is 1.32 bits per heavy atom. The number of aromatic nitrogens is 1. The maximum absolute atomic E-state index is 11.9. The van der Waals surface area contributed by atoms with Gasteiger partial charge in [0.25, 0.3) is 0 Å². The van der Waals surface area contributed by atoms with Gasteiger partial charge in [0.1, 0.15) is 0 Å². The Morgan fingerprint density at radius 3 is 2.72 bits per heavy atom. The topological polar surface area (TPSA) is 91.4 Å². The third kappa shape index (κ3) is 5.65. The molecule has 0 bridgehead atoms. The van der Waals surface area contributed by atoms with Crippen molar-refractivity contribution < 1.29 is 13.2 Å². The number of rotatable bonds is 8. The van der Waals surface area contributed by atoms with E-state index in [1.54, 1.807) is 6.92 Å². The quantitative estimate of drug-likeness (QED) is 0.685. The van der Waals surface area contributed by atoms with Crippen LogP contribution >= 0.6 is 11.3 Å². The van der Waals surface area contributed by atoms with Gasteiger partial charge in [-0.15, -0.1) is 0 Å². The zero-order valence-corrected chi connectivity index (χ0v) is 16.3. The molecule has 0 saturated carbocycles. The number of thiazole rings is 1. The van der Waals surface area contributed by atoms with Gasteiger partial charge in [-0.2, -0.15) is 0 Å². The van der Waals surface area contributed by atoms with Crippen molar-refractivity contribution in [1.82, 2.24) is 14.6 Å². The van der Waals surface area contributed by atoms with Crippen LogP contribution in [0.25, 0.3) is 10.2 Å². The van der Waals surface area contributed by atoms with E-state index in [4.69, 9.17) is 0 Å². The predicted octanol–water partition coefficient (Wildman–Crippen LogP) is 2.65. The number of carbonyl (C=O) groups is 1. The molecule has 0 fully saturated rings. The lowest BCUT2D eigenvalue weighted by atomic mass is 10.2. The van der Waals surface area contributed by atoms with Crippen molar-refractivity contribution >= 4 is 42.7 Å². The van der Waals surface area contributed by atoms with Crippen LogP contribution in [-0.4, -0.2) is 49.6 Å². The molecule has 0 aliphatic heterocycles. The van der Waals surface area contributed by atoms with Crippen molar-refractivity contribution in [2.24, 2.45) is 0 Å². The minimum atomic E-state index is -3.19.